The van der Waals surface area contributed by atoms with Gasteiger partial charge in [0.25, 0.3) is 5.91 Å². The van der Waals surface area contributed by atoms with Gasteiger partial charge in [-0.1, -0.05) is 28.4 Å². The highest BCUT2D eigenvalue weighted by atomic mass is 35.5. The molecule has 0 fully saturated rings. The summed E-state index contributed by atoms with van der Waals surface area (Å²) in [4.78, 5) is 16.9. The van der Waals surface area contributed by atoms with Gasteiger partial charge in [0, 0.05) is 16.3 Å². The molecule has 2 aromatic rings. The molecule has 0 saturated carbocycles. The van der Waals surface area contributed by atoms with Crippen molar-refractivity contribution in [3.63, 3.8) is 0 Å². The molecular weight excluding hydrogens is 379 g/mol. The number of carbonyl (C=O) groups excluding carboxylic acids is 1. The highest BCUT2D eigenvalue weighted by molar-refractivity contribution is 6.32. The monoisotopic (exact) mass is 396 g/mol. The fourth-order valence-electron chi connectivity index (χ4n) is 2.16. The average Bonchev–Trinajstić information content (AvgIpc) is 2.60. The number of hydrogen-bond donors (Lipinski definition) is 1. The van der Waals surface area contributed by atoms with E-state index in [-0.39, 0.29) is 12.5 Å². The average molecular weight is 397 g/mol. The Morgan fingerprint density at radius 2 is 1.96 bits per heavy atom. The van der Waals surface area contributed by atoms with Crippen LogP contribution < -0.4 is 14.8 Å². The predicted molar refractivity (Wildman–Crippen MR) is 103 cm³/mol. The van der Waals surface area contributed by atoms with Crippen LogP contribution in [0.3, 0.4) is 0 Å². The third-order valence-electron chi connectivity index (χ3n) is 3.39. The number of methoxy groups -OCH3 is 2. The Morgan fingerprint density at radius 1 is 1.19 bits per heavy atom. The van der Waals surface area contributed by atoms with Crippen molar-refractivity contribution in [3.05, 3.63) is 51.5 Å². The third kappa shape index (κ3) is 5.28. The smallest absolute Gasteiger partial charge is 0.265 e. The van der Waals surface area contributed by atoms with E-state index in [9.17, 15) is 4.79 Å². The van der Waals surface area contributed by atoms with E-state index in [0.717, 1.165) is 5.56 Å². The van der Waals surface area contributed by atoms with Crippen LogP contribution in [0.1, 0.15) is 11.1 Å². The number of amides is 1. The summed E-state index contributed by atoms with van der Waals surface area (Å²) >= 11 is 12.0. The molecule has 2 rings (SSSR count). The second-order valence-corrected chi connectivity index (χ2v) is 6.10. The number of ether oxygens (including phenoxy) is 2. The van der Waals surface area contributed by atoms with E-state index in [0.29, 0.717) is 32.8 Å². The number of nitrogens with one attached hydrogen (secondary N) is 1. The number of aryl methyl sites for hydroxylation is 1. The van der Waals surface area contributed by atoms with Crippen LogP contribution in [0.15, 0.2) is 35.5 Å². The Balaban J connectivity index is 1.92. The van der Waals surface area contributed by atoms with Gasteiger partial charge < -0.3 is 19.6 Å². The molecule has 0 aromatic heterocycles. The van der Waals surface area contributed by atoms with Crippen LogP contribution in [-0.2, 0) is 9.63 Å². The summed E-state index contributed by atoms with van der Waals surface area (Å²) in [5.41, 5.74) is 2.16. The molecule has 0 radical (unpaired) electrons. The van der Waals surface area contributed by atoms with Crippen LogP contribution in [0.2, 0.25) is 10.0 Å². The topological polar surface area (TPSA) is 69.2 Å². The molecular formula is C18H18Cl2N2O4. The lowest BCUT2D eigenvalue weighted by molar-refractivity contribution is -0.120. The van der Waals surface area contributed by atoms with Gasteiger partial charge >= 0.3 is 0 Å². The number of halogens is 2. The Kier molecular flexibility index (Phi) is 7.12. The maximum atomic E-state index is 11.9. The van der Waals surface area contributed by atoms with Gasteiger partial charge in [-0.05, 0) is 42.8 Å². The van der Waals surface area contributed by atoms with Crippen molar-refractivity contribution in [2.45, 2.75) is 6.92 Å². The van der Waals surface area contributed by atoms with Gasteiger partial charge in [0.15, 0.2) is 18.1 Å². The van der Waals surface area contributed by atoms with E-state index < -0.39 is 0 Å². The standard InChI is InChI=1S/C18H18Cl2N2O4/c1-11-6-13(19)4-5-15(11)22-17(23)10-26-21-9-12-7-14(20)18(25-3)16(8-12)24-2/h4-9H,10H2,1-3H3,(H,22,23)/b21-9-. The molecule has 0 atom stereocenters. The molecule has 26 heavy (non-hydrogen) atoms. The molecule has 0 saturated heterocycles. The number of hydrogen-bond acceptors (Lipinski definition) is 5. The van der Waals surface area contributed by atoms with Crippen molar-refractivity contribution >= 4 is 41.0 Å². The Labute approximate surface area is 161 Å². The van der Waals surface area contributed by atoms with Gasteiger partial charge in [0.2, 0.25) is 0 Å². The molecule has 0 aliphatic heterocycles. The van der Waals surface area contributed by atoms with Crippen LogP contribution in [-0.4, -0.2) is 32.9 Å². The number of rotatable bonds is 7. The first-order valence-corrected chi connectivity index (χ1v) is 8.33. The molecule has 8 heteroatoms. The third-order valence-corrected chi connectivity index (χ3v) is 3.91. The van der Waals surface area contributed by atoms with Crippen LogP contribution in [0.4, 0.5) is 5.69 Å². The zero-order valence-corrected chi connectivity index (χ0v) is 16.0. The van der Waals surface area contributed by atoms with Crippen LogP contribution in [0, 0.1) is 6.92 Å². The Morgan fingerprint density at radius 3 is 2.62 bits per heavy atom. The fourth-order valence-corrected chi connectivity index (χ4v) is 2.68. The van der Waals surface area contributed by atoms with Gasteiger partial charge in [-0.15, -0.1) is 0 Å². The zero-order valence-electron chi connectivity index (χ0n) is 14.5. The van der Waals surface area contributed by atoms with Crippen LogP contribution in [0.5, 0.6) is 11.5 Å². The molecule has 0 heterocycles. The number of benzene rings is 2. The quantitative estimate of drug-likeness (QED) is 0.559. The summed E-state index contributed by atoms with van der Waals surface area (Å²) in [5.74, 6) is 0.570. The van der Waals surface area contributed by atoms with E-state index in [4.69, 9.17) is 37.5 Å². The van der Waals surface area contributed by atoms with Crippen molar-refractivity contribution in [1.82, 2.24) is 0 Å². The molecule has 0 unspecified atom stereocenters. The van der Waals surface area contributed by atoms with E-state index >= 15 is 0 Å². The molecule has 0 aliphatic carbocycles. The molecule has 0 bridgehead atoms. The largest absolute Gasteiger partial charge is 0.493 e. The summed E-state index contributed by atoms with van der Waals surface area (Å²) in [6.07, 6.45) is 1.43. The first kappa shape index (κ1) is 19.9. The molecule has 6 nitrogen and oxygen atoms in total. The van der Waals surface area contributed by atoms with Gasteiger partial charge in [-0.3, -0.25) is 4.79 Å². The molecule has 1 amide bonds. The Bertz CT molecular complexity index is 825. The first-order valence-electron chi connectivity index (χ1n) is 7.57. The van der Waals surface area contributed by atoms with E-state index in [2.05, 4.69) is 10.5 Å². The minimum absolute atomic E-state index is 0.237. The summed E-state index contributed by atoms with van der Waals surface area (Å²) < 4.78 is 10.4. The van der Waals surface area contributed by atoms with E-state index in [1.807, 2.05) is 6.92 Å². The van der Waals surface area contributed by atoms with E-state index in [1.165, 1.54) is 20.4 Å². The van der Waals surface area contributed by atoms with Gasteiger partial charge in [0.1, 0.15) is 0 Å². The van der Waals surface area contributed by atoms with Gasteiger partial charge in [0.05, 0.1) is 25.5 Å². The van der Waals surface area contributed by atoms with Gasteiger partial charge in [-0.25, -0.2) is 0 Å². The van der Waals surface area contributed by atoms with Crippen molar-refractivity contribution in [2.24, 2.45) is 5.16 Å². The van der Waals surface area contributed by atoms with Crippen molar-refractivity contribution in [1.29, 1.82) is 0 Å². The highest BCUT2D eigenvalue weighted by Gasteiger charge is 2.10. The van der Waals surface area contributed by atoms with Crippen LogP contribution in [0.25, 0.3) is 0 Å². The minimum atomic E-state index is -0.335. The summed E-state index contributed by atoms with van der Waals surface area (Å²) in [6, 6.07) is 8.52. The summed E-state index contributed by atoms with van der Waals surface area (Å²) in [6.45, 7) is 1.61. The lowest BCUT2D eigenvalue weighted by Gasteiger charge is -2.10. The molecule has 138 valence electrons. The summed E-state index contributed by atoms with van der Waals surface area (Å²) in [7, 11) is 3.01. The summed E-state index contributed by atoms with van der Waals surface area (Å²) in [5, 5.41) is 7.48. The van der Waals surface area contributed by atoms with Crippen molar-refractivity contribution < 1.29 is 19.1 Å². The number of anilines is 1. The minimum Gasteiger partial charge on any atom is -0.493 e. The van der Waals surface area contributed by atoms with Crippen molar-refractivity contribution in [3.8, 4) is 11.5 Å². The SMILES string of the molecule is COc1cc(/C=N\OCC(=O)Nc2ccc(Cl)cc2C)cc(Cl)c1OC. The van der Waals surface area contributed by atoms with E-state index in [1.54, 1.807) is 30.3 Å². The maximum Gasteiger partial charge on any atom is 0.265 e. The predicted octanol–water partition coefficient (Wildman–Crippen LogP) is 4.31. The second-order valence-electron chi connectivity index (χ2n) is 5.25. The number of nitrogens with zero attached hydrogens (tertiary/aromatic N) is 1. The normalized spacial score (nSPS) is 10.7. The lowest BCUT2D eigenvalue weighted by Crippen LogP contribution is -2.17. The molecule has 1 N–H and O–H groups in total. The maximum absolute atomic E-state index is 11.9. The number of carbonyl (C=O) groups is 1. The molecule has 0 spiro atoms. The highest BCUT2D eigenvalue weighted by Crippen LogP contribution is 2.35. The lowest BCUT2D eigenvalue weighted by atomic mass is 10.2. The Hall–Kier alpha value is -2.44. The van der Waals surface area contributed by atoms with Crippen molar-refractivity contribution in [2.75, 3.05) is 26.1 Å². The first-order chi connectivity index (χ1) is 12.4. The zero-order chi connectivity index (χ0) is 19.1. The number of oxime groups is 1. The van der Waals surface area contributed by atoms with Gasteiger partial charge in [-0.2, -0.15) is 0 Å². The molecule has 0 aliphatic rings. The van der Waals surface area contributed by atoms with Crippen LogP contribution >= 0.6 is 23.2 Å². The fraction of sp³-hybridized carbons (Fsp3) is 0.222. The molecule has 2 aromatic carbocycles. The second kappa shape index (κ2) is 9.31.